The standard InChI is InChI=1S/C28H25N5O3/c34-27-22-9-2-1-8-21(22)25(30-31-27)18-12-14-19(15-13-18)29-28(35)26-23-10-3-4-11-24(23)33(32-26)17-20-7-5-6-16-36-20/h1-4,8-15,20H,5-7,16-17H2,(H,29,35)(H,31,34). The molecule has 0 saturated carbocycles. The molecule has 8 heteroatoms. The molecule has 1 saturated heterocycles. The van der Waals surface area contributed by atoms with Crippen molar-refractivity contribution in [2.24, 2.45) is 0 Å². The molecule has 1 aliphatic rings. The van der Waals surface area contributed by atoms with Gasteiger partial charge in [0.15, 0.2) is 5.69 Å². The van der Waals surface area contributed by atoms with E-state index in [0.29, 0.717) is 29.0 Å². The first-order chi connectivity index (χ1) is 17.7. The predicted molar refractivity (Wildman–Crippen MR) is 139 cm³/mol. The zero-order chi connectivity index (χ0) is 24.5. The van der Waals surface area contributed by atoms with Crippen LogP contribution in [0.2, 0.25) is 0 Å². The summed E-state index contributed by atoms with van der Waals surface area (Å²) in [5.74, 6) is -0.269. The number of nitrogens with zero attached hydrogens (tertiary/aromatic N) is 3. The smallest absolute Gasteiger partial charge is 0.276 e. The third-order valence-corrected chi connectivity index (χ3v) is 6.64. The van der Waals surface area contributed by atoms with Gasteiger partial charge in [0.25, 0.3) is 11.5 Å². The number of aromatic amines is 1. The van der Waals surface area contributed by atoms with E-state index in [9.17, 15) is 9.59 Å². The van der Waals surface area contributed by atoms with E-state index in [1.54, 1.807) is 6.07 Å². The van der Waals surface area contributed by atoms with Gasteiger partial charge in [0.05, 0.1) is 29.2 Å². The summed E-state index contributed by atoms with van der Waals surface area (Å²) < 4.78 is 7.78. The Labute approximate surface area is 206 Å². The van der Waals surface area contributed by atoms with Gasteiger partial charge < -0.3 is 10.1 Å². The van der Waals surface area contributed by atoms with Crippen molar-refractivity contribution < 1.29 is 9.53 Å². The van der Waals surface area contributed by atoms with E-state index in [2.05, 4.69) is 20.6 Å². The summed E-state index contributed by atoms with van der Waals surface area (Å²) in [4.78, 5) is 25.3. The zero-order valence-electron chi connectivity index (χ0n) is 19.6. The van der Waals surface area contributed by atoms with E-state index in [1.807, 2.05) is 71.4 Å². The van der Waals surface area contributed by atoms with Gasteiger partial charge in [-0.2, -0.15) is 10.2 Å². The molecule has 1 unspecified atom stereocenters. The number of para-hydroxylation sites is 1. The molecule has 3 heterocycles. The molecule has 0 spiro atoms. The minimum absolute atomic E-state index is 0.114. The molecule has 36 heavy (non-hydrogen) atoms. The van der Waals surface area contributed by atoms with Crippen LogP contribution in [0.25, 0.3) is 32.9 Å². The Bertz CT molecular complexity index is 1610. The Kier molecular flexibility index (Phi) is 5.79. The number of hydrogen-bond acceptors (Lipinski definition) is 5. The Morgan fingerprint density at radius 3 is 2.50 bits per heavy atom. The summed E-state index contributed by atoms with van der Waals surface area (Å²) in [6.07, 6.45) is 3.36. The topological polar surface area (TPSA) is 102 Å². The molecule has 1 aliphatic heterocycles. The predicted octanol–water partition coefficient (Wildman–Crippen LogP) is 4.76. The Hall–Kier alpha value is -4.30. The third kappa shape index (κ3) is 4.16. The van der Waals surface area contributed by atoms with Crippen molar-refractivity contribution in [2.75, 3.05) is 11.9 Å². The molecule has 6 rings (SSSR count). The first kappa shape index (κ1) is 22.2. The summed E-state index contributed by atoms with van der Waals surface area (Å²) in [7, 11) is 0. The quantitative estimate of drug-likeness (QED) is 0.378. The van der Waals surface area contributed by atoms with Crippen LogP contribution in [0.1, 0.15) is 29.8 Å². The number of hydrogen-bond donors (Lipinski definition) is 2. The van der Waals surface area contributed by atoms with E-state index in [0.717, 1.165) is 47.7 Å². The molecule has 0 aliphatic carbocycles. The van der Waals surface area contributed by atoms with Crippen molar-refractivity contribution in [3.05, 3.63) is 88.8 Å². The maximum atomic E-state index is 13.2. The fraction of sp³-hybridized carbons (Fsp3) is 0.214. The van der Waals surface area contributed by atoms with Crippen LogP contribution in [0, 0.1) is 0 Å². The molecule has 0 bridgehead atoms. The normalized spacial score (nSPS) is 15.8. The lowest BCUT2D eigenvalue weighted by atomic mass is 10.0. The number of aromatic nitrogens is 4. The van der Waals surface area contributed by atoms with E-state index in [4.69, 9.17) is 4.74 Å². The molecule has 2 aromatic heterocycles. The summed E-state index contributed by atoms with van der Waals surface area (Å²) in [6, 6.07) is 22.5. The third-order valence-electron chi connectivity index (χ3n) is 6.64. The molecule has 2 N–H and O–H groups in total. The van der Waals surface area contributed by atoms with Crippen molar-refractivity contribution in [3.8, 4) is 11.3 Å². The highest BCUT2D eigenvalue weighted by Crippen LogP contribution is 2.26. The van der Waals surface area contributed by atoms with Crippen molar-refractivity contribution in [2.45, 2.75) is 31.9 Å². The van der Waals surface area contributed by atoms with Crippen LogP contribution >= 0.6 is 0 Å². The molecule has 1 atom stereocenters. The molecular weight excluding hydrogens is 454 g/mol. The van der Waals surface area contributed by atoms with Gasteiger partial charge in [-0.25, -0.2) is 5.10 Å². The number of benzene rings is 3. The lowest BCUT2D eigenvalue weighted by Gasteiger charge is -2.22. The Morgan fingerprint density at radius 2 is 1.72 bits per heavy atom. The van der Waals surface area contributed by atoms with Gasteiger partial charge in [-0.05, 0) is 43.5 Å². The van der Waals surface area contributed by atoms with Crippen LogP contribution in [0.4, 0.5) is 5.69 Å². The number of carbonyl (C=O) groups is 1. The highest BCUT2D eigenvalue weighted by molar-refractivity contribution is 6.11. The molecule has 0 radical (unpaired) electrons. The second kappa shape index (κ2) is 9.39. The van der Waals surface area contributed by atoms with E-state index in [-0.39, 0.29) is 17.6 Å². The minimum Gasteiger partial charge on any atom is -0.376 e. The van der Waals surface area contributed by atoms with Gasteiger partial charge in [0.1, 0.15) is 0 Å². The second-order valence-electron chi connectivity index (χ2n) is 9.01. The number of nitrogens with one attached hydrogen (secondary N) is 2. The van der Waals surface area contributed by atoms with Crippen molar-refractivity contribution in [1.29, 1.82) is 0 Å². The van der Waals surface area contributed by atoms with Gasteiger partial charge in [0.2, 0.25) is 0 Å². The summed E-state index contributed by atoms with van der Waals surface area (Å²) >= 11 is 0. The highest BCUT2D eigenvalue weighted by Gasteiger charge is 2.21. The number of ether oxygens (including phenoxy) is 1. The SMILES string of the molecule is O=C(Nc1ccc(-c2n[nH]c(=O)c3ccccc23)cc1)c1nn(CC2CCCCO2)c2ccccc12. The summed E-state index contributed by atoms with van der Waals surface area (Å²) in [5, 5.41) is 16.6. The van der Waals surface area contributed by atoms with Crippen LogP contribution in [-0.2, 0) is 11.3 Å². The van der Waals surface area contributed by atoms with Crippen LogP contribution < -0.4 is 10.9 Å². The zero-order valence-corrected chi connectivity index (χ0v) is 19.6. The van der Waals surface area contributed by atoms with Crippen LogP contribution in [0.15, 0.2) is 77.6 Å². The molecule has 8 nitrogen and oxygen atoms in total. The lowest BCUT2D eigenvalue weighted by Crippen LogP contribution is -2.25. The maximum absolute atomic E-state index is 13.2. The maximum Gasteiger partial charge on any atom is 0.276 e. The minimum atomic E-state index is -0.269. The monoisotopic (exact) mass is 479 g/mol. The second-order valence-corrected chi connectivity index (χ2v) is 9.01. The first-order valence-electron chi connectivity index (χ1n) is 12.1. The van der Waals surface area contributed by atoms with Crippen LogP contribution in [-0.4, -0.2) is 38.6 Å². The van der Waals surface area contributed by atoms with E-state index in [1.165, 1.54) is 0 Å². The van der Waals surface area contributed by atoms with Crippen LogP contribution in [0.5, 0.6) is 0 Å². The Balaban J connectivity index is 1.26. The highest BCUT2D eigenvalue weighted by atomic mass is 16.5. The van der Waals surface area contributed by atoms with Gasteiger partial charge >= 0.3 is 0 Å². The van der Waals surface area contributed by atoms with Crippen LogP contribution in [0.3, 0.4) is 0 Å². The van der Waals surface area contributed by atoms with Gasteiger partial charge in [-0.15, -0.1) is 0 Å². The first-order valence-corrected chi connectivity index (χ1v) is 12.1. The lowest BCUT2D eigenvalue weighted by molar-refractivity contribution is 0.00468. The average molecular weight is 480 g/mol. The van der Waals surface area contributed by atoms with E-state index >= 15 is 0 Å². The number of carbonyl (C=O) groups excluding carboxylic acids is 1. The van der Waals surface area contributed by atoms with Crippen molar-refractivity contribution in [1.82, 2.24) is 20.0 Å². The number of amides is 1. The molecular formula is C28H25N5O3. The van der Waals surface area contributed by atoms with Crippen molar-refractivity contribution in [3.63, 3.8) is 0 Å². The van der Waals surface area contributed by atoms with Crippen molar-refractivity contribution >= 4 is 33.3 Å². The summed E-state index contributed by atoms with van der Waals surface area (Å²) in [6.45, 7) is 1.40. The molecule has 1 fully saturated rings. The fourth-order valence-corrected chi connectivity index (χ4v) is 4.82. The number of rotatable bonds is 5. The van der Waals surface area contributed by atoms with E-state index < -0.39 is 0 Å². The fourth-order valence-electron chi connectivity index (χ4n) is 4.82. The van der Waals surface area contributed by atoms with Gasteiger partial charge in [-0.3, -0.25) is 14.3 Å². The number of anilines is 1. The summed E-state index contributed by atoms with van der Waals surface area (Å²) in [5.41, 5.74) is 3.24. The number of H-pyrrole nitrogens is 1. The molecule has 3 aromatic carbocycles. The molecule has 5 aromatic rings. The molecule has 180 valence electrons. The average Bonchev–Trinajstić information content (AvgIpc) is 3.29. The van der Waals surface area contributed by atoms with Gasteiger partial charge in [0, 0.05) is 28.6 Å². The van der Waals surface area contributed by atoms with Gasteiger partial charge in [-0.1, -0.05) is 48.5 Å². The molecule has 1 amide bonds. The Morgan fingerprint density at radius 1 is 0.972 bits per heavy atom. The largest absolute Gasteiger partial charge is 0.376 e. The number of fused-ring (bicyclic) bond motifs is 2.